The highest BCUT2D eigenvalue weighted by atomic mass is 35.5. The molecule has 0 atom stereocenters. The molecule has 1 aliphatic heterocycles. The van der Waals surface area contributed by atoms with Crippen LogP contribution in [0.4, 0.5) is 22.7 Å². The number of para-hydroxylation sites is 4. The van der Waals surface area contributed by atoms with E-state index in [4.69, 9.17) is 46.4 Å². The number of carbonyl (C=O) groups excluding carboxylic acids is 4. The Kier molecular flexibility index (Phi) is 18.0. The van der Waals surface area contributed by atoms with E-state index in [-0.39, 0.29) is 12.8 Å². The van der Waals surface area contributed by atoms with Crippen molar-refractivity contribution in [2.45, 2.75) is 12.8 Å². The van der Waals surface area contributed by atoms with Gasteiger partial charge in [0, 0.05) is 11.4 Å². The lowest BCUT2D eigenvalue weighted by atomic mass is 10.1. The predicted molar refractivity (Wildman–Crippen MR) is 195 cm³/mol. The second-order valence-electron chi connectivity index (χ2n) is 10.9. The molecule has 4 aromatic rings. The second kappa shape index (κ2) is 22.4. The zero-order valence-electron chi connectivity index (χ0n) is 27.7. The van der Waals surface area contributed by atoms with E-state index in [1.54, 1.807) is 84.9 Å². The van der Waals surface area contributed by atoms with E-state index in [1.165, 1.54) is 26.2 Å². The van der Waals surface area contributed by atoms with Gasteiger partial charge in [-0.25, -0.2) is 0 Å². The fourth-order valence-electron chi connectivity index (χ4n) is 4.55. The number of carboxylic acid groups (broad SMARTS) is 2. The van der Waals surface area contributed by atoms with Gasteiger partial charge in [0.25, 0.3) is 0 Å². The second-order valence-corrected chi connectivity index (χ2v) is 12.5. The van der Waals surface area contributed by atoms with Gasteiger partial charge in [-0.15, -0.1) is 0 Å². The fraction of sp³-hybridized carbons (Fsp3) is 0.222. The molecule has 0 aromatic heterocycles. The third-order valence-electron chi connectivity index (χ3n) is 7.00. The number of ether oxygens (including phenoxy) is 2. The van der Waals surface area contributed by atoms with E-state index in [9.17, 15) is 29.4 Å². The van der Waals surface area contributed by atoms with E-state index in [0.717, 1.165) is 0 Å². The zero-order chi connectivity index (χ0) is 37.9. The molecule has 52 heavy (non-hydrogen) atoms. The average Bonchev–Trinajstić information content (AvgIpc) is 3.12. The Morgan fingerprint density at radius 3 is 1.17 bits per heavy atom. The van der Waals surface area contributed by atoms with Crippen LogP contribution in [0, 0.1) is 0 Å². The number of rotatable bonds is 12. The minimum absolute atomic E-state index is 0.0987. The first kappa shape index (κ1) is 41.9. The molecule has 0 radical (unpaired) electrons. The van der Waals surface area contributed by atoms with Crippen LogP contribution in [0.5, 0.6) is 0 Å². The summed E-state index contributed by atoms with van der Waals surface area (Å²) in [6.07, 6.45) is -0.197. The third-order valence-corrected chi connectivity index (χ3v) is 8.26. The van der Waals surface area contributed by atoms with Crippen molar-refractivity contribution in [2.75, 3.05) is 50.0 Å². The number of nitrogens with two attached hydrogens (primary N) is 2. The number of hydrogen-bond acceptors (Lipinski definition) is 10. The number of carboxylic acids is 2. The largest absolute Gasteiger partial charge is 0.546 e. The third kappa shape index (κ3) is 15.0. The van der Waals surface area contributed by atoms with Crippen molar-refractivity contribution in [3.05, 3.63) is 116 Å². The lowest BCUT2D eigenvalue weighted by Crippen LogP contribution is -3.04. The van der Waals surface area contributed by atoms with Gasteiger partial charge in [-0.05, 0) is 47.5 Å². The van der Waals surface area contributed by atoms with Crippen LogP contribution in [0.25, 0.3) is 0 Å². The molecule has 1 heterocycles. The number of benzene rings is 4. The van der Waals surface area contributed by atoms with Crippen LogP contribution in [-0.4, -0.2) is 63.3 Å². The van der Waals surface area contributed by atoms with Crippen molar-refractivity contribution in [2.24, 2.45) is 0 Å². The summed E-state index contributed by atoms with van der Waals surface area (Å²) < 4.78 is 9.16. The lowest BCUT2D eigenvalue weighted by molar-refractivity contribution is -0.787. The van der Waals surface area contributed by atoms with Crippen molar-refractivity contribution in [3.8, 4) is 0 Å². The molecule has 0 unspecified atom stereocenters. The Morgan fingerprint density at radius 1 is 0.538 bits per heavy atom. The summed E-state index contributed by atoms with van der Waals surface area (Å²) >= 11 is 24.4. The first-order chi connectivity index (χ1) is 24.9. The molecule has 0 spiro atoms. The molecule has 1 fully saturated rings. The summed E-state index contributed by atoms with van der Waals surface area (Å²) in [6, 6.07) is 24.2. The number of anilines is 4. The molecule has 0 aliphatic carbocycles. The molecular weight excluding hydrogens is 758 g/mol. The van der Waals surface area contributed by atoms with Crippen LogP contribution in [0.2, 0.25) is 20.1 Å². The van der Waals surface area contributed by atoms with Gasteiger partial charge in [0.05, 0.1) is 56.2 Å². The molecule has 4 aromatic carbocycles. The van der Waals surface area contributed by atoms with Crippen LogP contribution in [0.1, 0.15) is 11.1 Å². The number of esters is 2. The zero-order valence-corrected chi connectivity index (χ0v) is 30.7. The minimum atomic E-state index is -1.45. The summed E-state index contributed by atoms with van der Waals surface area (Å²) in [7, 11) is 0. The summed E-state index contributed by atoms with van der Waals surface area (Å²) in [5, 5.41) is 33.2. The van der Waals surface area contributed by atoms with Gasteiger partial charge >= 0.3 is 11.9 Å². The maximum absolute atomic E-state index is 11.7. The van der Waals surface area contributed by atoms with E-state index in [1.807, 2.05) is 0 Å². The summed E-state index contributed by atoms with van der Waals surface area (Å²) in [5.41, 5.74) is 3.51. The van der Waals surface area contributed by atoms with E-state index < -0.39 is 37.1 Å². The molecule has 5 rings (SSSR count). The first-order valence-corrected chi connectivity index (χ1v) is 17.4. The monoisotopic (exact) mass is 792 g/mol. The van der Waals surface area contributed by atoms with Crippen LogP contribution in [-0.2, 0) is 41.5 Å². The molecule has 0 bridgehead atoms. The number of piperazine rings is 1. The van der Waals surface area contributed by atoms with Gasteiger partial charge in [-0.3, -0.25) is 9.59 Å². The SMILES string of the molecule is C1C[NH2+]CC[NH2+]1.O=C([O-])COC(=O)Cc1ccccc1Nc1c(Cl)cccc1Cl.O=C([O-])COC(=O)Cc1ccccc1Nc1c(Cl)cccc1Cl. The van der Waals surface area contributed by atoms with Gasteiger partial charge in [-0.1, -0.05) is 94.9 Å². The van der Waals surface area contributed by atoms with Gasteiger partial charge < -0.3 is 50.5 Å². The Labute approximate surface area is 320 Å². The van der Waals surface area contributed by atoms with Crippen LogP contribution >= 0.6 is 46.4 Å². The minimum Gasteiger partial charge on any atom is -0.546 e. The van der Waals surface area contributed by atoms with Gasteiger partial charge in [-0.2, -0.15) is 0 Å². The number of quaternary nitrogens is 2. The van der Waals surface area contributed by atoms with Crippen molar-refractivity contribution < 1.29 is 49.5 Å². The molecular formula is C36H36Cl4N4O8. The summed E-state index contributed by atoms with van der Waals surface area (Å²) in [5.74, 6) is -4.25. The lowest BCUT2D eigenvalue weighted by Gasteiger charge is -2.14. The molecule has 276 valence electrons. The highest BCUT2D eigenvalue weighted by Crippen LogP contribution is 2.35. The van der Waals surface area contributed by atoms with E-state index >= 15 is 0 Å². The summed E-state index contributed by atoms with van der Waals surface area (Å²) in [6.45, 7) is 3.73. The molecule has 1 aliphatic rings. The molecule has 16 heteroatoms. The van der Waals surface area contributed by atoms with E-state index in [2.05, 4.69) is 30.7 Å². The molecule has 1 saturated heterocycles. The number of hydrogen-bond donors (Lipinski definition) is 4. The molecule has 12 nitrogen and oxygen atoms in total. The van der Waals surface area contributed by atoms with Crippen molar-refractivity contribution in [1.82, 2.24) is 0 Å². The Hall–Kier alpha value is -4.56. The van der Waals surface area contributed by atoms with E-state index in [0.29, 0.717) is 54.0 Å². The number of halogens is 4. The van der Waals surface area contributed by atoms with Gasteiger partial charge in [0.1, 0.15) is 39.4 Å². The average molecular weight is 795 g/mol. The first-order valence-electron chi connectivity index (χ1n) is 15.9. The van der Waals surface area contributed by atoms with Crippen molar-refractivity contribution >= 4 is 93.0 Å². The fourth-order valence-corrected chi connectivity index (χ4v) is 5.53. The Bertz CT molecular complexity index is 1650. The van der Waals surface area contributed by atoms with Crippen molar-refractivity contribution in [3.63, 3.8) is 0 Å². The molecule has 0 saturated carbocycles. The highest BCUT2D eigenvalue weighted by molar-refractivity contribution is 6.39. The standard InChI is InChI=1S/2C16H13Cl2NO4.C4H10N2/c2*17-11-5-3-6-12(18)16(11)19-13-7-2-1-4-10(13)8-15(22)23-9-14(20)21;1-2-6-4-3-5-1/h2*1-7,19H,8-9H2,(H,20,21);5-6H,1-4H2. The topological polar surface area (TPSA) is 190 Å². The summed E-state index contributed by atoms with van der Waals surface area (Å²) in [4.78, 5) is 43.9. The molecule has 6 N–H and O–H groups in total. The normalized spacial score (nSPS) is 11.8. The highest BCUT2D eigenvalue weighted by Gasteiger charge is 2.14. The van der Waals surface area contributed by atoms with Crippen LogP contribution < -0.4 is 31.5 Å². The maximum Gasteiger partial charge on any atom is 0.310 e. The molecule has 0 amide bonds. The number of nitrogens with one attached hydrogen (secondary N) is 2. The van der Waals surface area contributed by atoms with Gasteiger partial charge in [0.2, 0.25) is 0 Å². The van der Waals surface area contributed by atoms with Crippen molar-refractivity contribution in [1.29, 1.82) is 0 Å². The quantitative estimate of drug-likeness (QED) is 0.155. The maximum atomic E-state index is 11.7. The number of aliphatic carboxylic acids is 2. The predicted octanol–water partition coefficient (Wildman–Crippen LogP) is 2.27. The number of carbonyl (C=O) groups is 4. The smallest absolute Gasteiger partial charge is 0.310 e. The Morgan fingerprint density at radius 2 is 0.865 bits per heavy atom. The van der Waals surface area contributed by atoms with Crippen LogP contribution in [0.3, 0.4) is 0 Å². The van der Waals surface area contributed by atoms with Gasteiger partial charge in [0.15, 0.2) is 0 Å². The Balaban J connectivity index is 0.000000241. The van der Waals surface area contributed by atoms with Crippen LogP contribution in [0.15, 0.2) is 84.9 Å².